The Hall–Kier alpha value is -1.26. The summed E-state index contributed by atoms with van der Waals surface area (Å²) in [4.78, 5) is 21.0. The van der Waals surface area contributed by atoms with Crippen LogP contribution in [0.4, 0.5) is 0 Å². The van der Waals surface area contributed by atoms with Gasteiger partial charge in [-0.1, -0.05) is 0 Å². The fourth-order valence-corrected chi connectivity index (χ4v) is 1.61. The van der Waals surface area contributed by atoms with Gasteiger partial charge in [0.1, 0.15) is 12.1 Å². The number of aliphatic hydroxyl groups is 2. The quantitative estimate of drug-likeness (QED) is 0.208. The second-order valence-corrected chi connectivity index (χ2v) is 5.01. The second-order valence-electron chi connectivity index (χ2n) is 5.01. The molecule has 0 aromatic carbocycles. The first-order valence-corrected chi connectivity index (χ1v) is 6.77. The molecule has 9 heteroatoms. The van der Waals surface area contributed by atoms with E-state index in [4.69, 9.17) is 21.7 Å². The highest BCUT2D eigenvalue weighted by Gasteiger charge is 2.15. The number of aliphatic hydroxyl groups excluding tert-OH is 2. The average molecular weight is 307 g/mol. The molecular formula is C12H25N3O6. The van der Waals surface area contributed by atoms with E-state index in [2.05, 4.69) is 5.32 Å². The Morgan fingerprint density at radius 1 is 0.810 bits per heavy atom. The monoisotopic (exact) mass is 307 g/mol. The molecule has 124 valence electrons. The summed E-state index contributed by atoms with van der Waals surface area (Å²) < 4.78 is 0. The first kappa shape index (κ1) is 19.7. The molecule has 0 spiro atoms. The van der Waals surface area contributed by atoms with Crippen LogP contribution in [-0.4, -0.2) is 69.7 Å². The van der Waals surface area contributed by atoms with Crippen LogP contribution in [-0.2, 0) is 9.59 Å². The van der Waals surface area contributed by atoms with Crippen molar-refractivity contribution in [3.05, 3.63) is 0 Å². The molecule has 0 fully saturated rings. The van der Waals surface area contributed by atoms with Crippen molar-refractivity contribution in [1.82, 2.24) is 5.32 Å². The Kier molecular flexibility index (Phi) is 9.84. The minimum absolute atomic E-state index is 0.161. The molecule has 0 aliphatic heterocycles. The standard InChI is InChI=1S/C12H25N3O6/c13-9(11(18)19)3-1-7(16)5-15-6-8(17)2-4-10(14)12(20)21/h7-10,15-17H,1-6,13-14H2,(H,18,19)(H,20,21). The van der Waals surface area contributed by atoms with E-state index in [1.165, 1.54) is 0 Å². The molecule has 0 aromatic heterocycles. The van der Waals surface area contributed by atoms with Crippen molar-refractivity contribution in [3.63, 3.8) is 0 Å². The number of aliphatic carboxylic acids is 2. The summed E-state index contributed by atoms with van der Waals surface area (Å²) in [7, 11) is 0. The first-order chi connectivity index (χ1) is 9.73. The Morgan fingerprint density at radius 2 is 1.14 bits per heavy atom. The smallest absolute Gasteiger partial charge is 0.320 e. The van der Waals surface area contributed by atoms with Crippen molar-refractivity contribution in [1.29, 1.82) is 0 Å². The van der Waals surface area contributed by atoms with Crippen LogP contribution in [0.2, 0.25) is 0 Å². The molecule has 0 aromatic rings. The van der Waals surface area contributed by atoms with Crippen LogP contribution in [0.5, 0.6) is 0 Å². The molecule has 21 heavy (non-hydrogen) atoms. The van der Waals surface area contributed by atoms with Crippen LogP contribution in [0.25, 0.3) is 0 Å². The number of hydrogen-bond donors (Lipinski definition) is 7. The van der Waals surface area contributed by atoms with Gasteiger partial charge in [-0.05, 0) is 25.7 Å². The fraction of sp³-hybridized carbons (Fsp3) is 0.833. The van der Waals surface area contributed by atoms with Crippen LogP contribution in [0, 0.1) is 0 Å². The van der Waals surface area contributed by atoms with Crippen LogP contribution in [0.3, 0.4) is 0 Å². The van der Waals surface area contributed by atoms with E-state index in [0.717, 1.165) is 0 Å². The molecular weight excluding hydrogens is 282 g/mol. The van der Waals surface area contributed by atoms with E-state index < -0.39 is 36.2 Å². The summed E-state index contributed by atoms with van der Waals surface area (Å²) in [6, 6.07) is -1.99. The van der Waals surface area contributed by atoms with Gasteiger partial charge in [0.05, 0.1) is 12.2 Å². The Balaban J connectivity index is 3.68. The van der Waals surface area contributed by atoms with Crippen molar-refractivity contribution < 1.29 is 30.0 Å². The third kappa shape index (κ3) is 10.2. The van der Waals surface area contributed by atoms with E-state index in [1.54, 1.807) is 0 Å². The Labute approximate surface area is 122 Å². The first-order valence-electron chi connectivity index (χ1n) is 6.77. The molecule has 9 nitrogen and oxygen atoms in total. The number of rotatable bonds is 12. The molecule has 0 aliphatic carbocycles. The van der Waals surface area contributed by atoms with E-state index in [-0.39, 0.29) is 38.8 Å². The van der Waals surface area contributed by atoms with Gasteiger partial charge >= 0.3 is 11.9 Å². The topological polar surface area (TPSA) is 179 Å². The van der Waals surface area contributed by atoms with Gasteiger partial charge in [0.15, 0.2) is 0 Å². The predicted octanol–water partition coefficient (Wildman–Crippen LogP) is -2.32. The molecule has 0 radical (unpaired) electrons. The number of hydrogen-bond acceptors (Lipinski definition) is 7. The van der Waals surface area contributed by atoms with Gasteiger partial charge in [-0.15, -0.1) is 0 Å². The minimum Gasteiger partial charge on any atom is -0.480 e. The summed E-state index contributed by atoms with van der Waals surface area (Å²) in [5, 5.41) is 39.2. The van der Waals surface area contributed by atoms with E-state index in [0.29, 0.717) is 0 Å². The summed E-state index contributed by atoms with van der Waals surface area (Å²) in [5.74, 6) is -2.22. The molecule has 0 heterocycles. The van der Waals surface area contributed by atoms with E-state index in [1.807, 2.05) is 0 Å². The summed E-state index contributed by atoms with van der Waals surface area (Å²) >= 11 is 0. The van der Waals surface area contributed by atoms with Crippen LogP contribution < -0.4 is 16.8 Å². The van der Waals surface area contributed by atoms with Crippen molar-refractivity contribution in [3.8, 4) is 0 Å². The highest BCUT2D eigenvalue weighted by molar-refractivity contribution is 5.73. The van der Waals surface area contributed by atoms with Gasteiger partial charge in [0.25, 0.3) is 0 Å². The van der Waals surface area contributed by atoms with Crippen LogP contribution in [0.1, 0.15) is 25.7 Å². The third-order valence-electron chi connectivity index (χ3n) is 3.02. The minimum atomic E-state index is -1.11. The highest BCUT2D eigenvalue weighted by atomic mass is 16.4. The number of carboxylic acids is 2. The van der Waals surface area contributed by atoms with Crippen LogP contribution in [0.15, 0.2) is 0 Å². The lowest BCUT2D eigenvalue weighted by molar-refractivity contribution is -0.139. The van der Waals surface area contributed by atoms with E-state index in [9.17, 15) is 19.8 Å². The maximum Gasteiger partial charge on any atom is 0.320 e. The number of carbonyl (C=O) groups is 2. The van der Waals surface area contributed by atoms with Gasteiger partial charge < -0.3 is 37.2 Å². The highest BCUT2D eigenvalue weighted by Crippen LogP contribution is 2.02. The number of nitrogens with one attached hydrogen (secondary N) is 1. The molecule has 0 bridgehead atoms. The Morgan fingerprint density at radius 3 is 1.43 bits per heavy atom. The molecule has 0 amide bonds. The van der Waals surface area contributed by atoms with E-state index >= 15 is 0 Å². The normalized spacial score (nSPS) is 17.0. The lowest BCUT2D eigenvalue weighted by Crippen LogP contribution is -2.37. The van der Waals surface area contributed by atoms with Gasteiger partial charge in [-0.3, -0.25) is 9.59 Å². The zero-order chi connectivity index (χ0) is 16.4. The number of nitrogens with two attached hydrogens (primary N) is 2. The van der Waals surface area contributed by atoms with Crippen molar-refractivity contribution in [2.75, 3.05) is 13.1 Å². The van der Waals surface area contributed by atoms with Gasteiger partial charge in [0.2, 0.25) is 0 Å². The maximum atomic E-state index is 10.5. The molecule has 0 rings (SSSR count). The third-order valence-corrected chi connectivity index (χ3v) is 3.02. The second kappa shape index (κ2) is 10.5. The summed E-state index contributed by atoms with van der Waals surface area (Å²) in [6.07, 6.45) is -0.726. The molecule has 0 saturated carbocycles. The van der Waals surface area contributed by atoms with Crippen molar-refractivity contribution in [2.45, 2.75) is 50.0 Å². The number of carboxylic acid groups (broad SMARTS) is 2. The molecule has 0 saturated heterocycles. The zero-order valence-electron chi connectivity index (χ0n) is 11.8. The predicted molar refractivity (Wildman–Crippen MR) is 74.6 cm³/mol. The van der Waals surface area contributed by atoms with Gasteiger partial charge in [0, 0.05) is 13.1 Å². The van der Waals surface area contributed by atoms with Crippen molar-refractivity contribution >= 4 is 11.9 Å². The zero-order valence-corrected chi connectivity index (χ0v) is 11.8. The average Bonchev–Trinajstić information content (AvgIpc) is 2.41. The Bertz CT molecular complexity index is 298. The maximum absolute atomic E-state index is 10.5. The van der Waals surface area contributed by atoms with Gasteiger partial charge in [-0.2, -0.15) is 0 Å². The molecule has 9 N–H and O–H groups in total. The molecule has 4 unspecified atom stereocenters. The lowest BCUT2D eigenvalue weighted by Gasteiger charge is -2.16. The summed E-state index contributed by atoms with van der Waals surface area (Å²) in [5.41, 5.74) is 10.6. The van der Waals surface area contributed by atoms with Gasteiger partial charge in [-0.25, -0.2) is 0 Å². The van der Waals surface area contributed by atoms with Crippen molar-refractivity contribution in [2.24, 2.45) is 11.5 Å². The summed E-state index contributed by atoms with van der Waals surface area (Å²) in [6.45, 7) is 0.378. The van der Waals surface area contributed by atoms with Crippen LogP contribution >= 0.6 is 0 Å². The lowest BCUT2D eigenvalue weighted by atomic mass is 10.1. The SMILES string of the molecule is NC(CCC(O)CNCC(O)CCC(N)C(=O)O)C(=O)O. The molecule has 4 atom stereocenters. The fourth-order valence-electron chi connectivity index (χ4n) is 1.61. The molecule has 0 aliphatic rings. The largest absolute Gasteiger partial charge is 0.480 e.